The average Bonchev–Trinajstić information content (AvgIpc) is 3.00. The summed E-state index contributed by atoms with van der Waals surface area (Å²) in [4.78, 5) is 41.2. The van der Waals surface area contributed by atoms with Crippen LogP contribution in [0.15, 0.2) is 42.5 Å². The summed E-state index contributed by atoms with van der Waals surface area (Å²) in [6.07, 6.45) is 0.701. The molecular formula is C24H26FN3O4. The summed E-state index contributed by atoms with van der Waals surface area (Å²) in [6.45, 7) is 4.68. The molecule has 168 valence electrons. The fraction of sp³-hybridized carbons (Fsp3) is 0.375. The van der Waals surface area contributed by atoms with Crippen molar-refractivity contribution in [1.29, 1.82) is 0 Å². The van der Waals surface area contributed by atoms with Crippen molar-refractivity contribution in [3.8, 4) is 5.75 Å². The third-order valence-electron chi connectivity index (χ3n) is 6.22. The molecule has 0 aromatic heterocycles. The molecule has 4 amide bonds. The van der Waals surface area contributed by atoms with Crippen molar-refractivity contribution in [2.75, 3.05) is 19.7 Å². The first-order chi connectivity index (χ1) is 15.3. The molecule has 32 heavy (non-hydrogen) atoms. The quantitative estimate of drug-likeness (QED) is 0.727. The minimum absolute atomic E-state index is 0.169. The molecule has 2 saturated heterocycles. The number of likely N-dealkylation sites (tertiary alicyclic amines) is 1. The van der Waals surface area contributed by atoms with Crippen LogP contribution in [0, 0.1) is 19.7 Å². The first-order valence-electron chi connectivity index (χ1n) is 10.6. The topological polar surface area (TPSA) is 79.0 Å². The molecule has 8 heteroatoms. The van der Waals surface area contributed by atoms with Gasteiger partial charge in [0.2, 0.25) is 0 Å². The lowest BCUT2D eigenvalue weighted by Gasteiger charge is -2.37. The highest BCUT2D eigenvalue weighted by Gasteiger charge is 2.52. The van der Waals surface area contributed by atoms with Gasteiger partial charge in [0.25, 0.3) is 11.8 Å². The molecule has 0 bridgehead atoms. The van der Waals surface area contributed by atoms with E-state index in [9.17, 15) is 18.8 Å². The Kier molecular flexibility index (Phi) is 5.86. The Morgan fingerprint density at radius 1 is 1.09 bits per heavy atom. The third kappa shape index (κ3) is 4.30. The molecule has 7 nitrogen and oxygen atoms in total. The van der Waals surface area contributed by atoms with Gasteiger partial charge in [0.1, 0.15) is 17.1 Å². The summed E-state index contributed by atoms with van der Waals surface area (Å²) in [5.74, 6) is -0.417. The van der Waals surface area contributed by atoms with E-state index in [1.165, 1.54) is 29.2 Å². The van der Waals surface area contributed by atoms with E-state index in [1.807, 2.05) is 32.0 Å². The van der Waals surface area contributed by atoms with E-state index in [1.54, 1.807) is 4.90 Å². The van der Waals surface area contributed by atoms with Crippen molar-refractivity contribution in [1.82, 2.24) is 15.1 Å². The van der Waals surface area contributed by atoms with Crippen LogP contribution in [0.3, 0.4) is 0 Å². The van der Waals surface area contributed by atoms with Crippen LogP contribution in [0.5, 0.6) is 5.75 Å². The molecule has 2 aliphatic rings. The zero-order chi connectivity index (χ0) is 22.9. The largest absolute Gasteiger partial charge is 0.484 e. The van der Waals surface area contributed by atoms with E-state index in [0.29, 0.717) is 31.7 Å². The Labute approximate surface area is 186 Å². The normalized spacial score (nSPS) is 17.6. The second kappa shape index (κ2) is 8.61. The third-order valence-corrected chi connectivity index (χ3v) is 6.22. The molecule has 0 aliphatic carbocycles. The van der Waals surface area contributed by atoms with E-state index < -0.39 is 11.6 Å². The number of urea groups is 1. The molecule has 2 aromatic rings. The van der Waals surface area contributed by atoms with Gasteiger partial charge < -0.3 is 15.0 Å². The Morgan fingerprint density at radius 3 is 2.47 bits per heavy atom. The van der Waals surface area contributed by atoms with E-state index in [2.05, 4.69) is 5.32 Å². The Hall–Kier alpha value is -3.42. The number of hydrogen-bond acceptors (Lipinski definition) is 4. The minimum atomic E-state index is -0.969. The summed E-state index contributed by atoms with van der Waals surface area (Å²) in [6, 6.07) is 11.0. The highest BCUT2D eigenvalue weighted by molar-refractivity contribution is 6.07. The summed E-state index contributed by atoms with van der Waals surface area (Å²) < 4.78 is 18.4. The van der Waals surface area contributed by atoms with Crippen LogP contribution in [0.25, 0.3) is 0 Å². The Bertz CT molecular complexity index is 1050. The maximum atomic E-state index is 13.2. The molecule has 2 aliphatic heterocycles. The molecule has 1 spiro atoms. The zero-order valence-electron chi connectivity index (χ0n) is 18.2. The van der Waals surface area contributed by atoms with Gasteiger partial charge in [-0.2, -0.15) is 0 Å². The molecule has 0 unspecified atom stereocenters. The van der Waals surface area contributed by atoms with Gasteiger partial charge in [-0.05, 0) is 62.1 Å². The zero-order valence-corrected chi connectivity index (χ0v) is 18.2. The van der Waals surface area contributed by atoms with Crippen molar-refractivity contribution in [2.45, 2.75) is 38.8 Å². The number of hydrogen-bond donors (Lipinski definition) is 1. The van der Waals surface area contributed by atoms with Gasteiger partial charge in [0.15, 0.2) is 6.61 Å². The minimum Gasteiger partial charge on any atom is -0.484 e. The molecule has 2 heterocycles. The number of aryl methyl sites for hydroxylation is 2. The summed E-state index contributed by atoms with van der Waals surface area (Å²) in [5.41, 5.74) is 2.07. The predicted octanol–water partition coefficient (Wildman–Crippen LogP) is 2.93. The smallest absolute Gasteiger partial charge is 0.325 e. The second-order valence-electron chi connectivity index (χ2n) is 8.46. The van der Waals surface area contributed by atoms with Gasteiger partial charge >= 0.3 is 6.03 Å². The second-order valence-corrected chi connectivity index (χ2v) is 8.46. The fourth-order valence-corrected chi connectivity index (χ4v) is 4.20. The highest BCUT2D eigenvalue weighted by atomic mass is 19.1. The monoisotopic (exact) mass is 439 g/mol. The number of imide groups is 1. The number of nitrogens with zero attached hydrogens (tertiary/aromatic N) is 2. The number of rotatable bonds is 5. The van der Waals surface area contributed by atoms with E-state index >= 15 is 0 Å². The molecule has 4 rings (SSSR count). The standard InChI is InChI=1S/C24H26FN3O4/c1-16-3-4-17(2)18(13-16)14-28-22(30)24(26-23(28)31)9-11-27(12-10-24)21(29)15-32-20-7-5-19(25)6-8-20/h3-8,13H,9-12,14-15H2,1-2H3,(H,26,31). The van der Waals surface area contributed by atoms with Crippen LogP contribution in [0.2, 0.25) is 0 Å². The molecule has 0 saturated carbocycles. The van der Waals surface area contributed by atoms with Crippen LogP contribution in [0.4, 0.5) is 9.18 Å². The number of halogens is 1. The van der Waals surface area contributed by atoms with Crippen molar-refractivity contribution in [2.24, 2.45) is 0 Å². The highest BCUT2D eigenvalue weighted by Crippen LogP contribution is 2.31. The summed E-state index contributed by atoms with van der Waals surface area (Å²) in [5, 5.41) is 2.88. The number of piperidine rings is 1. The first kappa shape index (κ1) is 21.8. The van der Waals surface area contributed by atoms with Crippen molar-refractivity contribution >= 4 is 17.8 Å². The first-order valence-corrected chi connectivity index (χ1v) is 10.6. The maximum absolute atomic E-state index is 13.2. The number of benzene rings is 2. The Morgan fingerprint density at radius 2 is 1.78 bits per heavy atom. The van der Waals surface area contributed by atoms with Crippen molar-refractivity contribution in [3.63, 3.8) is 0 Å². The van der Waals surface area contributed by atoms with Crippen LogP contribution in [0.1, 0.15) is 29.5 Å². The lowest BCUT2D eigenvalue weighted by molar-refractivity contribution is -0.139. The molecule has 0 radical (unpaired) electrons. The van der Waals surface area contributed by atoms with Crippen LogP contribution in [-0.2, 0) is 16.1 Å². The van der Waals surface area contributed by atoms with Crippen LogP contribution in [-0.4, -0.2) is 52.9 Å². The van der Waals surface area contributed by atoms with E-state index in [0.717, 1.165) is 16.7 Å². The lowest BCUT2D eigenvalue weighted by Crippen LogP contribution is -2.56. The predicted molar refractivity (Wildman–Crippen MR) is 115 cm³/mol. The van der Waals surface area contributed by atoms with Gasteiger partial charge in [-0.25, -0.2) is 9.18 Å². The number of ether oxygens (including phenoxy) is 1. The fourth-order valence-electron chi connectivity index (χ4n) is 4.20. The van der Waals surface area contributed by atoms with Crippen LogP contribution < -0.4 is 10.1 Å². The number of amides is 4. The molecule has 2 aromatic carbocycles. The number of nitrogens with one attached hydrogen (secondary N) is 1. The molecule has 0 atom stereocenters. The summed E-state index contributed by atoms with van der Waals surface area (Å²) in [7, 11) is 0. The average molecular weight is 439 g/mol. The summed E-state index contributed by atoms with van der Waals surface area (Å²) >= 11 is 0. The number of carbonyl (C=O) groups excluding carboxylic acids is 3. The van der Waals surface area contributed by atoms with Gasteiger partial charge in [0, 0.05) is 13.1 Å². The molecular weight excluding hydrogens is 413 g/mol. The van der Waals surface area contributed by atoms with Gasteiger partial charge in [-0.1, -0.05) is 23.8 Å². The van der Waals surface area contributed by atoms with E-state index in [4.69, 9.17) is 4.74 Å². The molecule has 1 N–H and O–H groups in total. The lowest BCUT2D eigenvalue weighted by atomic mass is 9.87. The van der Waals surface area contributed by atoms with Crippen molar-refractivity contribution < 1.29 is 23.5 Å². The van der Waals surface area contributed by atoms with Gasteiger partial charge in [-0.3, -0.25) is 14.5 Å². The van der Waals surface area contributed by atoms with Crippen LogP contribution >= 0.6 is 0 Å². The van der Waals surface area contributed by atoms with Gasteiger partial charge in [0.05, 0.1) is 6.54 Å². The Balaban J connectivity index is 1.35. The number of carbonyl (C=O) groups is 3. The van der Waals surface area contributed by atoms with E-state index in [-0.39, 0.29) is 30.8 Å². The SMILES string of the molecule is Cc1ccc(C)c(CN2C(=O)NC3(CCN(C(=O)COc4ccc(F)cc4)CC3)C2=O)c1. The van der Waals surface area contributed by atoms with Gasteiger partial charge in [-0.15, -0.1) is 0 Å². The molecule has 2 fully saturated rings. The maximum Gasteiger partial charge on any atom is 0.325 e. The van der Waals surface area contributed by atoms with Crippen molar-refractivity contribution in [3.05, 3.63) is 65.0 Å².